The van der Waals surface area contributed by atoms with Crippen LogP contribution < -0.4 is 5.32 Å². The lowest BCUT2D eigenvalue weighted by Gasteiger charge is -2.12. The Labute approximate surface area is 159 Å². The SMILES string of the molecule is Cc1ccc(C(=O)Nc2cc(S(=O)(=O)O)cc3cccc(O)c23)cc1[N+](=O)[O-]. The summed E-state index contributed by atoms with van der Waals surface area (Å²) in [7, 11) is -4.58. The van der Waals surface area contributed by atoms with E-state index in [4.69, 9.17) is 0 Å². The number of nitro groups is 1. The van der Waals surface area contributed by atoms with E-state index in [0.29, 0.717) is 5.56 Å². The highest BCUT2D eigenvalue weighted by Crippen LogP contribution is 2.34. The zero-order valence-electron chi connectivity index (χ0n) is 14.4. The van der Waals surface area contributed by atoms with Gasteiger partial charge in [-0.15, -0.1) is 0 Å². The van der Waals surface area contributed by atoms with Crippen LogP contribution in [0.2, 0.25) is 0 Å². The molecule has 0 aliphatic rings. The van der Waals surface area contributed by atoms with E-state index in [1.54, 1.807) is 0 Å². The Morgan fingerprint density at radius 2 is 1.86 bits per heavy atom. The summed E-state index contributed by atoms with van der Waals surface area (Å²) in [5.41, 5.74) is 0.0274. The summed E-state index contributed by atoms with van der Waals surface area (Å²) >= 11 is 0. The zero-order chi connectivity index (χ0) is 20.6. The maximum atomic E-state index is 12.6. The Balaban J connectivity index is 2.12. The van der Waals surface area contributed by atoms with Crippen LogP contribution >= 0.6 is 0 Å². The third-order valence-electron chi connectivity index (χ3n) is 4.14. The summed E-state index contributed by atoms with van der Waals surface area (Å²) in [6, 6.07) is 10.4. The molecule has 3 rings (SSSR count). The predicted molar refractivity (Wildman–Crippen MR) is 101 cm³/mol. The molecule has 0 atom stereocenters. The number of anilines is 1. The molecular weight excluding hydrogens is 388 g/mol. The summed E-state index contributed by atoms with van der Waals surface area (Å²) in [4.78, 5) is 22.6. The van der Waals surface area contributed by atoms with Gasteiger partial charge >= 0.3 is 0 Å². The van der Waals surface area contributed by atoms with Crippen molar-refractivity contribution in [1.82, 2.24) is 0 Å². The molecule has 0 aromatic heterocycles. The number of nitro benzene ring substituents is 1. The average molecular weight is 402 g/mol. The van der Waals surface area contributed by atoms with Crippen molar-refractivity contribution in [3.05, 3.63) is 69.8 Å². The van der Waals surface area contributed by atoms with Crippen LogP contribution in [0, 0.1) is 17.0 Å². The molecule has 0 saturated heterocycles. The fraction of sp³-hybridized carbons (Fsp3) is 0.0556. The van der Waals surface area contributed by atoms with Crippen molar-refractivity contribution >= 4 is 38.2 Å². The van der Waals surface area contributed by atoms with E-state index < -0.39 is 25.8 Å². The highest BCUT2D eigenvalue weighted by molar-refractivity contribution is 7.85. The molecule has 0 radical (unpaired) electrons. The molecule has 0 bridgehead atoms. The third-order valence-corrected chi connectivity index (χ3v) is 4.97. The van der Waals surface area contributed by atoms with Gasteiger partial charge in [0.2, 0.25) is 0 Å². The number of aromatic hydroxyl groups is 1. The lowest BCUT2D eigenvalue weighted by atomic mass is 10.1. The van der Waals surface area contributed by atoms with Gasteiger partial charge in [-0.05, 0) is 36.6 Å². The van der Waals surface area contributed by atoms with Gasteiger partial charge in [-0.2, -0.15) is 8.42 Å². The van der Waals surface area contributed by atoms with E-state index in [1.165, 1.54) is 37.3 Å². The molecule has 10 heteroatoms. The minimum Gasteiger partial charge on any atom is -0.507 e. The summed E-state index contributed by atoms with van der Waals surface area (Å²) in [6.07, 6.45) is 0. The maximum Gasteiger partial charge on any atom is 0.294 e. The molecule has 28 heavy (non-hydrogen) atoms. The number of fused-ring (bicyclic) bond motifs is 1. The molecule has 0 unspecified atom stereocenters. The fourth-order valence-corrected chi connectivity index (χ4v) is 3.31. The van der Waals surface area contributed by atoms with E-state index in [-0.39, 0.29) is 33.5 Å². The Morgan fingerprint density at radius 3 is 2.50 bits per heavy atom. The van der Waals surface area contributed by atoms with Crippen LogP contribution in [0.4, 0.5) is 11.4 Å². The van der Waals surface area contributed by atoms with E-state index in [2.05, 4.69) is 5.32 Å². The van der Waals surface area contributed by atoms with Gasteiger partial charge in [-0.1, -0.05) is 18.2 Å². The van der Waals surface area contributed by atoms with E-state index >= 15 is 0 Å². The first kappa shape index (κ1) is 19.3. The maximum absolute atomic E-state index is 12.6. The number of phenols is 1. The second-order valence-electron chi connectivity index (χ2n) is 6.03. The van der Waals surface area contributed by atoms with Crippen molar-refractivity contribution in [2.45, 2.75) is 11.8 Å². The molecule has 3 aromatic carbocycles. The van der Waals surface area contributed by atoms with Gasteiger partial charge in [0.1, 0.15) is 5.75 Å². The Hall–Kier alpha value is -3.50. The molecular formula is C18H14N2O7S. The third kappa shape index (κ3) is 3.63. The number of carbonyl (C=O) groups is 1. The number of benzene rings is 3. The van der Waals surface area contributed by atoms with Crippen molar-refractivity contribution in [2.75, 3.05) is 5.32 Å². The first-order valence-electron chi connectivity index (χ1n) is 7.87. The van der Waals surface area contributed by atoms with Gasteiger partial charge in [-0.25, -0.2) is 0 Å². The Bertz CT molecular complexity index is 1240. The zero-order valence-corrected chi connectivity index (χ0v) is 15.2. The summed E-state index contributed by atoms with van der Waals surface area (Å²) in [5, 5.41) is 24.1. The first-order chi connectivity index (χ1) is 13.1. The molecule has 0 aliphatic carbocycles. The van der Waals surface area contributed by atoms with Crippen LogP contribution in [0.25, 0.3) is 10.8 Å². The van der Waals surface area contributed by atoms with Crippen molar-refractivity contribution in [1.29, 1.82) is 0 Å². The van der Waals surface area contributed by atoms with Gasteiger partial charge in [0.15, 0.2) is 0 Å². The van der Waals surface area contributed by atoms with Gasteiger partial charge in [-0.3, -0.25) is 19.5 Å². The minimum atomic E-state index is -4.58. The number of nitrogens with zero attached hydrogens (tertiary/aromatic N) is 1. The van der Waals surface area contributed by atoms with Gasteiger partial charge in [0.25, 0.3) is 21.7 Å². The molecule has 3 aromatic rings. The minimum absolute atomic E-state index is 0.0295. The van der Waals surface area contributed by atoms with Gasteiger partial charge in [0.05, 0.1) is 15.5 Å². The highest BCUT2D eigenvalue weighted by atomic mass is 32.2. The van der Waals surface area contributed by atoms with Crippen LogP contribution in [0.5, 0.6) is 5.75 Å². The lowest BCUT2D eigenvalue weighted by Crippen LogP contribution is -2.13. The van der Waals surface area contributed by atoms with Crippen molar-refractivity contribution in [3.63, 3.8) is 0 Å². The number of nitrogens with one attached hydrogen (secondary N) is 1. The lowest BCUT2D eigenvalue weighted by molar-refractivity contribution is -0.385. The number of phenolic OH excluding ortho intramolecular Hbond substituents is 1. The number of amides is 1. The number of carbonyl (C=O) groups excluding carboxylic acids is 1. The van der Waals surface area contributed by atoms with E-state index in [9.17, 15) is 33.0 Å². The fourth-order valence-electron chi connectivity index (χ4n) is 2.77. The Morgan fingerprint density at radius 1 is 1.14 bits per heavy atom. The monoisotopic (exact) mass is 402 g/mol. The molecule has 0 aliphatic heterocycles. The van der Waals surface area contributed by atoms with Crippen LogP contribution in [0.3, 0.4) is 0 Å². The molecule has 1 amide bonds. The van der Waals surface area contributed by atoms with Crippen molar-refractivity contribution in [2.24, 2.45) is 0 Å². The number of hydrogen-bond donors (Lipinski definition) is 3. The molecule has 0 spiro atoms. The summed E-state index contributed by atoms with van der Waals surface area (Å²) in [5.74, 6) is -0.968. The quantitative estimate of drug-likeness (QED) is 0.345. The number of aryl methyl sites for hydroxylation is 1. The largest absolute Gasteiger partial charge is 0.507 e. The summed E-state index contributed by atoms with van der Waals surface area (Å²) < 4.78 is 32.4. The standard InChI is InChI=1S/C18H14N2O7S/c1-10-5-6-12(8-15(10)20(23)24)18(22)19-14-9-13(28(25,26)27)7-11-3-2-4-16(21)17(11)14/h2-9,21H,1H3,(H,19,22)(H,25,26,27). The van der Waals surface area contributed by atoms with Crippen LogP contribution in [-0.4, -0.2) is 28.9 Å². The van der Waals surface area contributed by atoms with Gasteiger partial charge in [0, 0.05) is 22.6 Å². The molecule has 144 valence electrons. The summed E-state index contributed by atoms with van der Waals surface area (Å²) in [6.45, 7) is 1.53. The van der Waals surface area contributed by atoms with Crippen LogP contribution in [0.1, 0.15) is 15.9 Å². The molecule has 0 heterocycles. The molecule has 3 N–H and O–H groups in total. The smallest absolute Gasteiger partial charge is 0.294 e. The predicted octanol–water partition coefficient (Wildman–Crippen LogP) is 3.26. The normalized spacial score (nSPS) is 11.4. The van der Waals surface area contributed by atoms with Crippen molar-refractivity contribution in [3.8, 4) is 5.75 Å². The molecule has 9 nitrogen and oxygen atoms in total. The number of hydrogen-bond acceptors (Lipinski definition) is 6. The van der Waals surface area contributed by atoms with Crippen molar-refractivity contribution < 1.29 is 27.8 Å². The molecule has 0 saturated carbocycles. The Kier molecular flexibility index (Phi) is 4.75. The van der Waals surface area contributed by atoms with E-state index in [0.717, 1.165) is 18.2 Å². The highest BCUT2D eigenvalue weighted by Gasteiger charge is 2.19. The van der Waals surface area contributed by atoms with E-state index in [1.807, 2.05) is 0 Å². The van der Waals surface area contributed by atoms with Gasteiger partial charge < -0.3 is 10.4 Å². The van der Waals surface area contributed by atoms with Crippen LogP contribution in [-0.2, 0) is 10.1 Å². The number of rotatable bonds is 4. The average Bonchev–Trinajstić information content (AvgIpc) is 2.60. The van der Waals surface area contributed by atoms with Crippen LogP contribution in [0.15, 0.2) is 53.4 Å². The topological polar surface area (TPSA) is 147 Å². The molecule has 0 fully saturated rings. The second kappa shape index (κ2) is 6.91. The first-order valence-corrected chi connectivity index (χ1v) is 9.31. The second-order valence-corrected chi connectivity index (χ2v) is 7.46.